The number of methoxy groups -OCH3 is 1. The molecule has 2 rings (SSSR count). The Hall–Kier alpha value is -1.97. The summed E-state index contributed by atoms with van der Waals surface area (Å²) in [6.45, 7) is 3.96. The van der Waals surface area contributed by atoms with Gasteiger partial charge in [0.25, 0.3) is 0 Å². The predicted molar refractivity (Wildman–Crippen MR) is 67.2 cm³/mol. The van der Waals surface area contributed by atoms with Gasteiger partial charge in [-0.3, -0.25) is 4.79 Å². The van der Waals surface area contributed by atoms with Gasteiger partial charge in [-0.05, 0) is 31.0 Å². The maximum Gasteiger partial charge on any atom is 0.221 e. The largest absolute Gasteiger partial charge is 0.495 e. The average molecular weight is 232 g/mol. The molecule has 90 valence electrons. The molecule has 4 heteroatoms. The number of aromatic amines is 1. The van der Waals surface area contributed by atoms with E-state index in [0.717, 1.165) is 33.5 Å². The summed E-state index contributed by atoms with van der Waals surface area (Å²) < 4.78 is 5.31. The lowest BCUT2D eigenvalue weighted by molar-refractivity contribution is -0.117. The highest BCUT2D eigenvalue weighted by Gasteiger charge is 2.15. The van der Waals surface area contributed by atoms with E-state index in [1.54, 1.807) is 7.11 Å². The van der Waals surface area contributed by atoms with Crippen LogP contribution in [0.2, 0.25) is 0 Å². The standard InChI is InChI=1S/C13H16N2O2/c1-7-4-5-10(17-3)13-12(7)9(6-11(14)16)8(2)15-13/h4-5,15H,6H2,1-3H3,(H2,14,16). The van der Waals surface area contributed by atoms with Crippen LogP contribution in [0.4, 0.5) is 0 Å². The topological polar surface area (TPSA) is 68.1 Å². The van der Waals surface area contributed by atoms with E-state index in [1.807, 2.05) is 26.0 Å². The molecule has 0 aliphatic carbocycles. The van der Waals surface area contributed by atoms with Gasteiger partial charge in [-0.15, -0.1) is 0 Å². The molecule has 1 aromatic heterocycles. The third kappa shape index (κ3) is 1.86. The molecule has 4 nitrogen and oxygen atoms in total. The number of H-pyrrole nitrogens is 1. The van der Waals surface area contributed by atoms with Crippen LogP contribution in [0.1, 0.15) is 16.8 Å². The molecule has 0 spiro atoms. The summed E-state index contributed by atoms with van der Waals surface area (Å²) in [6, 6.07) is 3.90. The van der Waals surface area contributed by atoms with Gasteiger partial charge in [-0.25, -0.2) is 0 Å². The molecule has 0 radical (unpaired) electrons. The van der Waals surface area contributed by atoms with Crippen molar-refractivity contribution in [2.24, 2.45) is 5.73 Å². The van der Waals surface area contributed by atoms with Gasteiger partial charge in [0.2, 0.25) is 5.91 Å². The second-order valence-corrected chi connectivity index (χ2v) is 4.21. The number of aryl methyl sites for hydroxylation is 2. The van der Waals surface area contributed by atoms with Crippen LogP contribution in [0.25, 0.3) is 10.9 Å². The van der Waals surface area contributed by atoms with Gasteiger partial charge in [-0.2, -0.15) is 0 Å². The molecule has 0 unspecified atom stereocenters. The maximum atomic E-state index is 11.1. The minimum atomic E-state index is -0.323. The van der Waals surface area contributed by atoms with Crippen molar-refractivity contribution in [2.45, 2.75) is 20.3 Å². The van der Waals surface area contributed by atoms with Crippen molar-refractivity contribution in [1.29, 1.82) is 0 Å². The minimum absolute atomic E-state index is 0.250. The Bertz CT molecular complexity index is 585. The number of nitrogens with one attached hydrogen (secondary N) is 1. The fourth-order valence-corrected chi connectivity index (χ4v) is 2.22. The lowest BCUT2D eigenvalue weighted by atomic mass is 10.0. The van der Waals surface area contributed by atoms with Gasteiger partial charge in [-0.1, -0.05) is 6.07 Å². The van der Waals surface area contributed by atoms with E-state index in [1.165, 1.54) is 0 Å². The van der Waals surface area contributed by atoms with E-state index in [4.69, 9.17) is 10.5 Å². The molecule has 0 saturated heterocycles. The van der Waals surface area contributed by atoms with Crippen LogP contribution in [0.15, 0.2) is 12.1 Å². The Kier molecular flexibility index (Phi) is 2.79. The van der Waals surface area contributed by atoms with E-state index >= 15 is 0 Å². The Morgan fingerprint density at radius 3 is 2.71 bits per heavy atom. The highest BCUT2D eigenvalue weighted by Crippen LogP contribution is 2.32. The van der Waals surface area contributed by atoms with Crippen LogP contribution >= 0.6 is 0 Å². The first-order valence-corrected chi connectivity index (χ1v) is 5.47. The van der Waals surface area contributed by atoms with Gasteiger partial charge >= 0.3 is 0 Å². The molecule has 1 heterocycles. The minimum Gasteiger partial charge on any atom is -0.495 e. The van der Waals surface area contributed by atoms with Crippen LogP contribution in [0.5, 0.6) is 5.75 Å². The van der Waals surface area contributed by atoms with E-state index in [9.17, 15) is 4.79 Å². The Labute approximate surface area is 99.8 Å². The van der Waals surface area contributed by atoms with Crippen LogP contribution in [0, 0.1) is 13.8 Å². The molecule has 17 heavy (non-hydrogen) atoms. The van der Waals surface area contributed by atoms with Crippen molar-refractivity contribution >= 4 is 16.8 Å². The van der Waals surface area contributed by atoms with Crippen molar-refractivity contribution in [3.8, 4) is 5.75 Å². The number of hydrogen-bond donors (Lipinski definition) is 2. The Morgan fingerprint density at radius 1 is 1.41 bits per heavy atom. The van der Waals surface area contributed by atoms with Crippen LogP contribution < -0.4 is 10.5 Å². The molecule has 0 atom stereocenters. The number of fused-ring (bicyclic) bond motifs is 1. The van der Waals surface area contributed by atoms with Crippen LogP contribution in [0.3, 0.4) is 0 Å². The number of rotatable bonds is 3. The second kappa shape index (κ2) is 4.13. The molecule has 1 amide bonds. The molecule has 0 fully saturated rings. The molecule has 0 aliphatic heterocycles. The predicted octanol–water partition coefficient (Wildman–Crippen LogP) is 1.82. The number of carbonyl (C=O) groups is 1. The summed E-state index contributed by atoms with van der Waals surface area (Å²) in [5.41, 5.74) is 9.25. The summed E-state index contributed by atoms with van der Waals surface area (Å²) in [4.78, 5) is 14.4. The van der Waals surface area contributed by atoms with E-state index in [2.05, 4.69) is 4.98 Å². The smallest absolute Gasteiger partial charge is 0.221 e. The first-order valence-electron chi connectivity index (χ1n) is 5.47. The molecular formula is C13H16N2O2. The third-order valence-electron chi connectivity index (χ3n) is 3.01. The van der Waals surface area contributed by atoms with Crippen molar-refractivity contribution < 1.29 is 9.53 Å². The first kappa shape index (κ1) is 11.5. The number of carbonyl (C=O) groups excluding carboxylic acids is 1. The monoisotopic (exact) mass is 232 g/mol. The highest BCUT2D eigenvalue weighted by molar-refractivity contribution is 5.95. The fourth-order valence-electron chi connectivity index (χ4n) is 2.22. The number of hydrogen-bond acceptors (Lipinski definition) is 2. The van der Waals surface area contributed by atoms with Crippen LogP contribution in [-0.4, -0.2) is 18.0 Å². The molecule has 0 bridgehead atoms. The number of ether oxygens (including phenoxy) is 1. The average Bonchev–Trinajstić information content (AvgIpc) is 2.57. The molecule has 1 aromatic carbocycles. The zero-order chi connectivity index (χ0) is 12.6. The lowest BCUT2D eigenvalue weighted by Crippen LogP contribution is -2.14. The van der Waals surface area contributed by atoms with E-state index in [-0.39, 0.29) is 12.3 Å². The number of nitrogens with two attached hydrogens (primary N) is 1. The quantitative estimate of drug-likeness (QED) is 0.847. The second-order valence-electron chi connectivity index (χ2n) is 4.21. The zero-order valence-electron chi connectivity index (χ0n) is 10.3. The SMILES string of the molecule is COc1ccc(C)c2c(CC(N)=O)c(C)[nH]c12. The van der Waals surface area contributed by atoms with Crippen molar-refractivity contribution in [2.75, 3.05) is 7.11 Å². The van der Waals surface area contributed by atoms with E-state index in [0.29, 0.717) is 0 Å². The Balaban J connectivity index is 2.75. The zero-order valence-corrected chi connectivity index (χ0v) is 10.3. The van der Waals surface area contributed by atoms with Gasteiger partial charge < -0.3 is 15.5 Å². The Morgan fingerprint density at radius 2 is 2.12 bits per heavy atom. The summed E-state index contributed by atoms with van der Waals surface area (Å²) in [6.07, 6.45) is 0.250. The highest BCUT2D eigenvalue weighted by atomic mass is 16.5. The maximum absolute atomic E-state index is 11.1. The van der Waals surface area contributed by atoms with Gasteiger partial charge in [0.15, 0.2) is 0 Å². The van der Waals surface area contributed by atoms with Gasteiger partial charge in [0, 0.05) is 11.1 Å². The van der Waals surface area contributed by atoms with Gasteiger partial charge in [0.05, 0.1) is 19.0 Å². The summed E-state index contributed by atoms with van der Waals surface area (Å²) >= 11 is 0. The summed E-state index contributed by atoms with van der Waals surface area (Å²) in [5, 5.41) is 1.04. The normalized spacial score (nSPS) is 10.8. The lowest BCUT2D eigenvalue weighted by Gasteiger charge is -2.05. The van der Waals surface area contributed by atoms with E-state index < -0.39 is 0 Å². The molecule has 3 N–H and O–H groups in total. The molecule has 0 aliphatic rings. The molecular weight excluding hydrogens is 216 g/mol. The summed E-state index contributed by atoms with van der Waals surface area (Å²) in [7, 11) is 1.63. The van der Waals surface area contributed by atoms with Crippen molar-refractivity contribution in [3.63, 3.8) is 0 Å². The number of aromatic nitrogens is 1. The summed E-state index contributed by atoms with van der Waals surface area (Å²) in [5.74, 6) is 0.459. The van der Waals surface area contributed by atoms with Crippen molar-refractivity contribution in [3.05, 3.63) is 29.0 Å². The third-order valence-corrected chi connectivity index (χ3v) is 3.01. The fraction of sp³-hybridized carbons (Fsp3) is 0.308. The molecule has 0 saturated carbocycles. The number of amides is 1. The first-order chi connectivity index (χ1) is 8.04. The van der Waals surface area contributed by atoms with Gasteiger partial charge in [0.1, 0.15) is 5.75 Å². The van der Waals surface area contributed by atoms with Crippen LogP contribution in [-0.2, 0) is 11.2 Å². The van der Waals surface area contributed by atoms with Crippen molar-refractivity contribution in [1.82, 2.24) is 4.98 Å². The number of primary amides is 1. The number of benzene rings is 1. The molecule has 2 aromatic rings.